The van der Waals surface area contributed by atoms with Gasteiger partial charge in [-0.15, -0.1) is 0 Å². The minimum absolute atomic E-state index is 0.117. The van der Waals surface area contributed by atoms with Crippen molar-refractivity contribution in [2.75, 3.05) is 6.61 Å². The number of hydrogen-bond acceptors (Lipinski definition) is 3. The molecule has 4 rings (SSSR count). The third-order valence-electron chi connectivity index (χ3n) is 4.96. The van der Waals surface area contributed by atoms with Crippen LogP contribution in [0.15, 0.2) is 65.7 Å². The molecule has 1 N–H and O–H groups in total. The average Bonchev–Trinajstić information content (AvgIpc) is 3.05. The number of ether oxygens (including phenoxy) is 1. The van der Waals surface area contributed by atoms with Crippen LogP contribution in [0, 0.1) is 0 Å². The van der Waals surface area contributed by atoms with Gasteiger partial charge in [0.1, 0.15) is 12.7 Å². The normalized spacial score (nSPS) is 17.1. The maximum Gasteiger partial charge on any atom is 0.416 e. The van der Waals surface area contributed by atoms with Gasteiger partial charge in [0.15, 0.2) is 0 Å². The highest BCUT2D eigenvalue weighted by molar-refractivity contribution is 5.97. The first-order valence-corrected chi connectivity index (χ1v) is 9.25. The Kier molecular flexibility index (Phi) is 4.62. The summed E-state index contributed by atoms with van der Waals surface area (Å²) in [6.45, 7) is 4.09. The molecule has 29 heavy (non-hydrogen) atoms. The Bertz CT molecular complexity index is 1100. The van der Waals surface area contributed by atoms with E-state index in [1.165, 1.54) is 6.07 Å². The maximum absolute atomic E-state index is 13.3. The van der Waals surface area contributed by atoms with Crippen LogP contribution >= 0.6 is 0 Å². The molecule has 0 aliphatic carbocycles. The summed E-state index contributed by atoms with van der Waals surface area (Å²) >= 11 is 0. The molecule has 1 aliphatic heterocycles. The van der Waals surface area contributed by atoms with Crippen molar-refractivity contribution in [1.29, 1.82) is 0 Å². The summed E-state index contributed by atoms with van der Waals surface area (Å²) in [5.74, 6) is 0.249. The molecule has 0 saturated heterocycles. The van der Waals surface area contributed by atoms with Gasteiger partial charge in [-0.1, -0.05) is 36.4 Å². The molecule has 3 aromatic rings. The lowest BCUT2D eigenvalue weighted by atomic mass is 9.93. The van der Waals surface area contributed by atoms with Crippen molar-refractivity contribution in [3.8, 4) is 0 Å². The van der Waals surface area contributed by atoms with Crippen LogP contribution in [0.4, 0.5) is 13.2 Å². The van der Waals surface area contributed by atoms with Crippen LogP contribution < -0.4 is 0 Å². The third-order valence-corrected chi connectivity index (χ3v) is 4.96. The van der Waals surface area contributed by atoms with E-state index in [4.69, 9.17) is 4.74 Å². The Morgan fingerprint density at radius 3 is 2.38 bits per heavy atom. The molecule has 0 saturated carbocycles. The van der Waals surface area contributed by atoms with E-state index in [1.807, 2.05) is 44.2 Å². The Morgan fingerprint density at radius 2 is 1.72 bits per heavy atom. The molecule has 0 bridgehead atoms. The number of halogens is 3. The summed E-state index contributed by atoms with van der Waals surface area (Å²) in [4.78, 5) is 4.47. The average molecular weight is 399 g/mol. The fraction of sp³-hybridized carbons (Fsp3) is 0.261. The van der Waals surface area contributed by atoms with Crippen LogP contribution in [0.2, 0.25) is 0 Å². The van der Waals surface area contributed by atoms with Crippen LogP contribution in [0.25, 0.3) is 10.8 Å². The first-order valence-electron chi connectivity index (χ1n) is 9.25. The molecule has 0 unspecified atom stereocenters. The number of nitrogens with zero attached hydrogens (tertiary/aromatic N) is 1. The lowest BCUT2D eigenvalue weighted by molar-refractivity contribution is -0.137. The summed E-state index contributed by atoms with van der Waals surface area (Å²) < 4.78 is 45.6. The molecule has 0 aromatic heterocycles. The molecule has 3 nitrogen and oxygen atoms in total. The van der Waals surface area contributed by atoms with E-state index in [1.54, 1.807) is 12.1 Å². The zero-order valence-corrected chi connectivity index (χ0v) is 16.0. The number of aliphatic hydroxyl groups excluding tert-OH is 1. The molecule has 0 fully saturated rings. The van der Waals surface area contributed by atoms with E-state index >= 15 is 0 Å². The van der Waals surface area contributed by atoms with E-state index in [0.29, 0.717) is 17.7 Å². The highest BCUT2D eigenvalue weighted by Crippen LogP contribution is 2.36. The summed E-state index contributed by atoms with van der Waals surface area (Å²) in [5.41, 5.74) is -0.310. The first kappa shape index (κ1) is 19.5. The number of hydrogen-bond donors (Lipinski definition) is 1. The van der Waals surface area contributed by atoms with E-state index in [9.17, 15) is 18.3 Å². The molecule has 150 valence electrons. The second-order valence-corrected chi connectivity index (χ2v) is 7.83. The second-order valence-electron chi connectivity index (χ2n) is 7.83. The predicted molar refractivity (Wildman–Crippen MR) is 106 cm³/mol. The highest BCUT2D eigenvalue weighted by Gasteiger charge is 2.34. The van der Waals surface area contributed by atoms with Crippen LogP contribution in [0.1, 0.15) is 42.2 Å². The van der Waals surface area contributed by atoms with Crippen molar-refractivity contribution in [2.45, 2.75) is 31.7 Å². The fourth-order valence-electron chi connectivity index (χ4n) is 3.44. The van der Waals surface area contributed by atoms with Crippen molar-refractivity contribution in [3.63, 3.8) is 0 Å². The quantitative estimate of drug-likeness (QED) is 0.632. The van der Waals surface area contributed by atoms with Crippen LogP contribution in [0.5, 0.6) is 0 Å². The minimum Gasteiger partial charge on any atom is -0.475 e. The zero-order chi connectivity index (χ0) is 20.8. The smallest absolute Gasteiger partial charge is 0.416 e. The van der Waals surface area contributed by atoms with Gasteiger partial charge in [0, 0.05) is 5.56 Å². The Hall–Kier alpha value is -2.86. The molecule has 1 aliphatic rings. The summed E-state index contributed by atoms with van der Waals surface area (Å²) in [6, 6.07) is 16.2. The van der Waals surface area contributed by atoms with Crippen LogP contribution in [-0.2, 0) is 10.9 Å². The van der Waals surface area contributed by atoms with Gasteiger partial charge in [-0.3, -0.25) is 0 Å². The molecule has 1 heterocycles. The second kappa shape index (κ2) is 6.88. The van der Waals surface area contributed by atoms with E-state index in [-0.39, 0.29) is 11.5 Å². The van der Waals surface area contributed by atoms with Crippen molar-refractivity contribution in [1.82, 2.24) is 0 Å². The first-order chi connectivity index (χ1) is 13.6. The van der Waals surface area contributed by atoms with Crippen LogP contribution in [-0.4, -0.2) is 23.2 Å². The molecule has 0 amide bonds. The van der Waals surface area contributed by atoms with Gasteiger partial charge in [0.25, 0.3) is 0 Å². The van der Waals surface area contributed by atoms with Gasteiger partial charge in [-0.25, -0.2) is 4.99 Å². The molecule has 3 aromatic carbocycles. The van der Waals surface area contributed by atoms with Gasteiger partial charge in [-0.2, -0.15) is 13.2 Å². The topological polar surface area (TPSA) is 41.8 Å². The summed E-state index contributed by atoms with van der Waals surface area (Å²) in [5, 5.41) is 12.9. The number of aliphatic hydroxyl groups is 1. The minimum atomic E-state index is -4.52. The highest BCUT2D eigenvalue weighted by atomic mass is 19.4. The molecule has 0 spiro atoms. The standard InChI is InChI=1S/C23H20F3NO2/c1-22(2)13-29-21(27-22)18-10-9-17(23(24,25)26)12-19(18)20(28)16-8-7-14-5-3-4-6-15(14)11-16/h3-12,20,28H,13H2,1-2H3/t20-/m1/s1. The lowest BCUT2D eigenvalue weighted by Gasteiger charge is -2.18. The van der Waals surface area contributed by atoms with Gasteiger partial charge in [-0.05, 0) is 60.0 Å². The Labute approximate surface area is 166 Å². The van der Waals surface area contributed by atoms with E-state index in [2.05, 4.69) is 4.99 Å². The Balaban J connectivity index is 1.84. The summed E-state index contributed by atoms with van der Waals surface area (Å²) in [7, 11) is 0. The molecular formula is C23H20F3NO2. The third kappa shape index (κ3) is 3.85. The number of alkyl halides is 3. The van der Waals surface area contributed by atoms with Crippen molar-refractivity contribution in [3.05, 3.63) is 82.9 Å². The van der Waals surface area contributed by atoms with Crippen LogP contribution in [0.3, 0.4) is 0 Å². The van der Waals surface area contributed by atoms with Gasteiger partial charge in [0.05, 0.1) is 11.1 Å². The van der Waals surface area contributed by atoms with Gasteiger partial charge < -0.3 is 9.84 Å². The van der Waals surface area contributed by atoms with Crippen molar-refractivity contribution in [2.24, 2.45) is 4.99 Å². The Morgan fingerprint density at radius 1 is 1.00 bits per heavy atom. The maximum atomic E-state index is 13.3. The summed E-state index contributed by atoms with van der Waals surface area (Å²) in [6.07, 6.45) is -5.78. The number of benzene rings is 3. The molecule has 6 heteroatoms. The van der Waals surface area contributed by atoms with E-state index < -0.39 is 23.4 Å². The zero-order valence-electron chi connectivity index (χ0n) is 16.0. The SMILES string of the molecule is CC1(C)COC(c2ccc(C(F)(F)F)cc2[C@H](O)c2ccc3ccccc3c2)=N1. The predicted octanol–water partition coefficient (Wildman–Crippen LogP) is 5.50. The molecule has 0 radical (unpaired) electrons. The van der Waals surface area contributed by atoms with E-state index in [0.717, 1.165) is 22.9 Å². The number of aliphatic imine (C=N–C) groups is 1. The van der Waals surface area contributed by atoms with Gasteiger partial charge in [0.2, 0.25) is 5.90 Å². The molecule has 1 atom stereocenters. The van der Waals surface area contributed by atoms with Gasteiger partial charge >= 0.3 is 6.18 Å². The number of rotatable bonds is 3. The number of fused-ring (bicyclic) bond motifs is 1. The lowest BCUT2D eigenvalue weighted by Crippen LogP contribution is -2.17. The monoisotopic (exact) mass is 399 g/mol. The molecular weight excluding hydrogens is 379 g/mol. The van der Waals surface area contributed by atoms with Crippen molar-refractivity contribution >= 4 is 16.7 Å². The fourth-order valence-corrected chi connectivity index (χ4v) is 3.44. The largest absolute Gasteiger partial charge is 0.475 e. The van der Waals surface area contributed by atoms with Crippen molar-refractivity contribution < 1.29 is 23.0 Å².